The average molecular weight is 353 g/mol. The zero-order valence-corrected chi connectivity index (χ0v) is 14.0. The van der Waals surface area contributed by atoms with Gasteiger partial charge in [-0.25, -0.2) is 0 Å². The van der Waals surface area contributed by atoms with E-state index in [0.29, 0.717) is 23.4 Å². The summed E-state index contributed by atoms with van der Waals surface area (Å²) in [6.45, 7) is -0.202. The minimum Gasteiger partial charge on any atom is -0.484 e. The molecule has 4 N–H and O–H groups in total. The molecule has 0 aliphatic carbocycles. The Morgan fingerprint density at radius 2 is 2.00 bits per heavy atom. The maximum absolute atomic E-state index is 12.1. The van der Waals surface area contributed by atoms with Gasteiger partial charge in [0.1, 0.15) is 5.75 Å². The van der Waals surface area contributed by atoms with Crippen molar-refractivity contribution in [2.45, 2.75) is 18.9 Å². The van der Waals surface area contributed by atoms with Crippen LogP contribution in [-0.4, -0.2) is 24.3 Å². The molecule has 2 aromatic carbocycles. The number of carbonyl (C=O) groups is 3. The topological polar surface area (TPSA) is 111 Å². The third-order valence-corrected chi connectivity index (χ3v) is 4.06. The van der Waals surface area contributed by atoms with Crippen LogP contribution in [0.4, 0.5) is 5.69 Å². The summed E-state index contributed by atoms with van der Waals surface area (Å²) in [7, 11) is 0. The fourth-order valence-electron chi connectivity index (χ4n) is 2.78. The number of amides is 3. The first-order chi connectivity index (χ1) is 12.5. The average Bonchev–Trinajstić information content (AvgIpc) is 3.07. The highest BCUT2D eigenvalue weighted by Crippen LogP contribution is 2.25. The normalized spacial score (nSPS) is 16.0. The molecule has 26 heavy (non-hydrogen) atoms. The number of hydrogen-bond acceptors (Lipinski definition) is 4. The number of primary amides is 1. The van der Waals surface area contributed by atoms with Gasteiger partial charge in [0.05, 0.1) is 6.04 Å². The number of benzene rings is 2. The summed E-state index contributed by atoms with van der Waals surface area (Å²) in [4.78, 5) is 34.6. The molecule has 7 heteroatoms. The molecule has 1 atom stereocenters. The predicted molar refractivity (Wildman–Crippen MR) is 95.6 cm³/mol. The molecule has 1 fully saturated rings. The first-order valence-electron chi connectivity index (χ1n) is 8.23. The van der Waals surface area contributed by atoms with Gasteiger partial charge in [0, 0.05) is 17.7 Å². The Morgan fingerprint density at radius 1 is 1.19 bits per heavy atom. The minimum absolute atomic E-state index is 0.0212. The highest BCUT2D eigenvalue weighted by Gasteiger charge is 2.22. The van der Waals surface area contributed by atoms with Gasteiger partial charge in [0.15, 0.2) is 6.61 Å². The van der Waals surface area contributed by atoms with E-state index >= 15 is 0 Å². The van der Waals surface area contributed by atoms with Gasteiger partial charge in [-0.2, -0.15) is 0 Å². The first-order valence-corrected chi connectivity index (χ1v) is 8.23. The molecule has 2 aromatic rings. The fourth-order valence-corrected chi connectivity index (χ4v) is 2.78. The van der Waals surface area contributed by atoms with E-state index in [4.69, 9.17) is 10.5 Å². The van der Waals surface area contributed by atoms with Crippen molar-refractivity contribution in [2.24, 2.45) is 5.73 Å². The molecule has 0 radical (unpaired) electrons. The van der Waals surface area contributed by atoms with Crippen LogP contribution in [0.25, 0.3) is 0 Å². The third-order valence-electron chi connectivity index (χ3n) is 4.06. The van der Waals surface area contributed by atoms with Crippen molar-refractivity contribution in [3.05, 3.63) is 59.7 Å². The Morgan fingerprint density at radius 3 is 2.73 bits per heavy atom. The van der Waals surface area contributed by atoms with Gasteiger partial charge in [0.25, 0.3) is 5.91 Å². The molecule has 1 aliphatic rings. The number of nitrogens with one attached hydrogen (secondary N) is 2. The van der Waals surface area contributed by atoms with Crippen LogP contribution >= 0.6 is 0 Å². The maximum Gasteiger partial charge on any atom is 0.262 e. The van der Waals surface area contributed by atoms with Crippen LogP contribution in [0.2, 0.25) is 0 Å². The summed E-state index contributed by atoms with van der Waals surface area (Å²) in [6.07, 6.45) is 1.26. The molecule has 0 saturated carbocycles. The molecule has 7 nitrogen and oxygen atoms in total. The Bertz CT molecular complexity index is 850. The van der Waals surface area contributed by atoms with E-state index < -0.39 is 5.91 Å². The lowest BCUT2D eigenvalue weighted by atomic mass is 10.0. The summed E-state index contributed by atoms with van der Waals surface area (Å²) in [6, 6.07) is 13.7. The Labute approximate surface area is 150 Å². The Hall–Kier alpha value is -3.35. The molecule has 0 aromatic heterocycles. The van der Waals surface area contributed by atoms with Gasteiger partial charge >= 0.3 is 0 Å². The summed E-state index contributed by atoms with van der Waals surface area (Å²) >= 11 is 0. The number of anilines is 1. The van der Waals surface area contributed by atoms with Crippen molar-refractivity contribution in [2.75, 3.05) is 11.9 Å². The summed E-state index contributed by atoms with van der Waals surface area (Å²) in [5.74, 6) is -0.465. The van der Waals surface area contributed by atoms with Gasteiger partial charge in [0.2, 0.25) is 11.8 Å². The van der Waals surface area contributed by atoms with Crippen LogP contribution in [0.1, 0.15) is 34.8 Å². The lowest BCUT2D eigenvalue weighted by molar-refractivity contribution is -0.119. The zero-order valence-electron chi connectivity index (χ0n) is 14.0. The molecule has 1 unspecified atom stereocenters. The molecule has 1 saturated heterocycles. The van der Waals surface area contributed by atoms with Crippen LogP contribution in [0.15, 0.2) is 48.5 Å². The van der Waals surface area contributed by atoms with Gasteiger partial charge < -0.3 is 21.1 Å². The highest BCUT2D eigenvalue weighted by molar-refractivity contribution is 5.93. The van der Waals surface area contributed by atoms with Gasteiger partial charge in [-0.15, -0.1) is 0 Å². The molecule has 3 amide bonds. The van der Waals surface area contributed by atoms with E-state index in [1.165, 1.54) is 6.07 Å². The summed E-state index contributed by atoms with van der Waals surface area (Å²) < 4.78 is 5.40. The van der Waals surface area contributed by atoms with Gasteiger partial charge in [-0.3, -0.25) is 14.4 Å². The maximum atomic E-state index is 12.1. The quantitative estimate of drug-likeness (QED) is 0.735. The standard InChI is InChI=1S/C19H19N3O4/c20-19(25)13-4-2-6-15(10-13)26-11-18(24)21-14-5-1-3-12(9-14)16-7-8-17(23)22-16/h1-6,9-10,16H,7-8,11H2,(H2,20,25)(H,21,24)(H,22,23). The number of hydrogen-bond donors (Lipinski definition) is 3. The molecular formula is C19H19N3O4. The predicted octanol–water partition coefficient (Wildman–Crippen LogP) is 1.75. The second-order valence-corrected chi connectivity index (χ2v) is 6.01. The third kappa shape index (κ3) is 4.38. The molecular weight excluding hydrogens is 334 g/mol. The second kappa shape index (κ2) is 7.69. The molecule has 1 heterocycles. The van der Waals surface area contributed by atoms with Crippen LogP contribution in [0, 0.1) is 0 Å². The van der Waals surface area contributed by atoms with Crippen LogP contribution in [-0.2, 0) is 9.59 Å². The van der Waals surface area contributed by atoms with Gasteiger partial charge in [-0.05, 0) is 42.3 Å². The molecule has 0 bridgehead atoms. The largest absolute Gasteiger partial charge is 0.484 e. The Balaban J connectivity index is 1.57. The van der Waals surface area contributed by atoms with Crippen LogP contribution in [0.5, 0.6) is 5.75 Å². The minimum atomic E-state index is -0.560. The monoisotopic (exact) mass is 353 g/mol. The smallest absolute Gasteiger partial charge is 0.262 e. The van der Waals surface area contributed by atoms with E-state index in [9.17, 15) is 14.4 Å². The molecule has 3 rings (SSSR count). The molecule has 134 valence electrons. The molecule has 1 aliphatic heterocycles. The summed E-state index contributed by atoms with van der Waals surface area (Å²) in [5, 5.41) is 5.65. The SMILES string of the molecule is NC(=O)c1cccc(OCC(=O)Nc2cccc(C3CCC(=O)N3)c2)c1. The Kier molecular flexibility index (Phi) is 5.17. The van der Waals surface area contributed by atoms with Crippen molar-refractivity contribution in [1.82, 2.24) is 5.32 Å². The van der Waals surface area contributed by atoms with E-state index in [0.717, 1.165) is 12.0 Å². The van der Waals surface area contributed by atoms with Gasteiger partial charge in [-0.1, -0.05) is 18.2 Å². The number of carbonyl (C=O) groups excluding carboxylic acids is 3. The van der Waals surface area contributed by atoms with E-state index in [2.05, 4.69) is 10.6 Å². The lowest BCUT2D eigenvalue weighted by Crippen LogP contribution is -2.21. The van der Waals surface area contributed by atoms with Crippen LogP contribution in [0.3, 0.4) is 0 Å². The van der Waals surface area contributed by atoms with E-state index in [1.54, 1.807) is 24.3 Å². The lowest BCUT2D eigenvalue weighted by Gasteiger charge is -2.13. The fraction of sp³-hybridized carbons (Fsp3) is 0.211. The second-order valence-electron chi connectivity index (χ2n) is 6.01. The van der Waals surface area contributed by atoms with Crippen molar-refractivity contribution >= 4 is 23.4 Å². The number of nitrogens with two attached hydrogens (primary N) is 1. The van der Waals surface area contributed by atoms with Crippen molar-refractivity contribution in [3.63, 3.8) is 0 Å². The molecule has 0 spiro atoms. The number of ether oxygens (including phenoxy) is 1. The highest BCUT2D eigenvalue weighted by atomic mass is 16.5. The van der Waals surface area contributed by atoms with Crippen molar-refractivity contribution < 1.29 is 19.1 Å². The van der Waals surface area contributed by atoms with Crippen molar-refractivity contribution in [3.8, 4) is 5.75 Å². The van der Waals surface area contributed by atoms with E-state index in [1.807, 2.05) is 18.2 Å². The van der Waals surface area contributed by atoms with Crippen LogP contribution < -0.4 is 21.1 Å². The summed E-state index contributed by atoms with van der Waals surface area (Å²) in [5.41, 5.74) is 7.11. The zero-order chi connectivity index (χ0) is 18.5. The van der Waals surface area contributed by atoms with E-state index in [-0.39, 0.29) is 24.5 Å². The first kappa shape index (κ1) is 17.5. The van der Waals surface area contributed by atoms with Crippen molar-refractivity contribution in [1.29, 1.82) is 0 Å². The number of rotatable bonds is 6.